The second-order valence-electron chi connectivity index (χ2n) is 17.1. The van der Waals surface area contributed by atoms with Crippen molar-refractivity contribution >= 4 is 108 Å². The molecule has 0 aliphatic heterocycles. The minimum Gasteiger partial charge on any atom is -0.456 e. The highest BCUT2D eigenvalue weighted by Gasteiger charge is 2.19. The van der Waals surface area contributed by atoms with Gasteiger partial charge in [-0.3, -0.25) is 0 Å². The zero-order valence-electron chi connectivity index (χ0n) is 34.2. The Labute approximate surface area is 362 Å². The SMILES string of the molecule is c1ccc2cc(-c3c4ccccc4c(-c4ccc5cc(-c6ccc7c(c6)c6ccccc6c6cc8c(cc76)oc6ccc7ccccc7c68)ccc5c4)c4ccccc34)ccc2c1. The van der Waals surface area contributed by atoms with Crippen LogP contribution in [0, 0.1) is 0 Å². The van der Waals surface area contributed by atoms with Crippen molar-refractivity contribution in [3.63, 3.8) is 0 Å². The molecule has 0 saturated heterocycles. The third-order valence-corrected chi connectivity index (χ3v) is 13.7. The van der Waals surface area contributed by atoms with Crippen LogP contribution in [0.3, 0.4) is 0 Å². The Morgan fingerprint density at radius 3 is 1.27 bits per heavy atom. The van der Waals surface area contributed by atoms with Gasteiger partial charge < -0.3 is 4.42 Å². The molecule has 0 spiro atoms. The molecular weight excluding hydrogens is 761 g/mol. The van der Waals surface area contributed by atoms with E-state index in [1.54, 1.807) is 0 Å². The first-order valence-electron chi connectivity index (χ1n) is 21.8. The van der Waals surface area contributed by atoms with Gasteiger partial charge in [0.2, 0.25) is 0 Å². The molecule has 0 bridgehead atoms. The van der Waals surface area contributed by atoms with Crippen LogP contribution in [0.1, 0.15) is 0 Å². The van der Waals surface area contributed by atoms with Crippen molar-refractivity contribution in [2.24, 2.45) is 0 Å². The summed E-state index contributed by atoms with van der Waals surface area (Å²) < 4.78 is 6.58. The topological polar surface area (TPSA) is 13.1 Å². The number of fused-ring (bicyclic) bond motifs is 15. The molecule has 1 heteroatoms. The second-order valence-corrected chi connectivity index (χ2v) is 17.1. The van der Waals surface area contributed by atoms with E-state index in [-0.39, 0.29) is 0 Å². The van der Waals surface area contributed by atoms with Crippen molar-refractivity contribution in [2.75, 3.05) is 0 Å². The van der Waals surface area contributed by atoms with Crippen LogP contribution in [-0.4, -0.2) is 0 Å². The van der Waals surface area contributed by atoms with Crippen molar-refractivity contribution in [3.05, 3.63) is 218 Å². The molecule has 1 nitrogen and oxygen atoms in total. The van der Waals surface area contributed by atoms with Crippen molar-refractivity contribution in [1.29, 1.82) is 0 Å². The van der Waals surface area contributed by atoms with Crippen molar-refractivity contribution < 1.29 is 4.42 Å². The average Bonchev–Trinajstić information content (AvgIpc) is 3.72. The minimum absolute atomic E-state index is 0.922. The van der Waals surface area contributed by atoms with E-state index in [0.29, 0.717) is 0 Å². The van der Waals surface area contributed by atoms with Gasteiger partial charge in [-0.25, -0.2) is 0 Å². The number of hydrogen-bond donors (Lipinski definition) is 0. The molecule has 14 rings (SSSR count). The first kappa shape index (κ1) is 34.5. The molecule has 0 radical (unpaired) electrons. The quantitative estimate of drug-likeness (QED) is 0.128. The zero-order chi connectivity index (χ0) is 41.2. The lowest BCUT2D eigenvalue weighted by atomic mass is 9.85. The number of benzene rings is 13. The third-order valence-electron chi connectivity index (χ3n) is 13.7. The van der Waals surface area contributed by atoms with Gasteiger partial charge in [0, 0.05) is 10.8 Å². The van der Waals surface area contributed by atoms with E-state index in [2.05, 4.69) is 218 Å². The summed E-state index contributed by atoms with van der Waals surface area (Å²) >= 11 is 0. The lowest BCUT2D eigenvalue weighted by Gasteiger charge is -2.18. The Balaban J connectivity index is 0.907. The summed E-state index contributed by atoms with van der Waals surface area (Å²) in [6, 6.07) is 80.7. The predicted octanol–water partition coefficient (Wildman–Crippen LogP) is 17.8. The van der Waals surface area contributed by atoms with Crippen LogP contribution in [0.15, 0.2) is 223 Å². The Morgan fingerprint density at radius 1 is 0.206 bits per heavy atom. The fourth-order valence-corrected chi connectivity index (χ4v) is 10.8. The summed E-state index contributed by atoms with van der Waals surface area (Å²) in [6.45, 7) is 0. The molecule has 0 atom stereocenters. The molecule has 0 unspecified atom stereocenters. The van der Waals surface area contributed by atoms with Crippen LogP contribution in [0.25, 0.3) is 141 Å². The fourth-order valence-electron chi connectivity index (χ4n) is 10.8. The lowest BCUT2D eigenvalue weighted by Crippen LogP contribution is -1.91. The highest BCUT2D eigenvalue weighted by molar-refractivity contribution is 6.30. The highest BCUT2D eigenvalue weighted by Crippen LogP contribution is 2.46. The van der Waals surface area contributed by atoms with Gasteiger partial charge >= 0.3 is 0 Å². The maximum absolute atomic E-state index is 6.58. The number of rotatable bonds is 3. The molecule has 0 N–H and O–H groups in total. The van der Waals surface area contributed by atoms with Crippen LogP contribution in [0.5, 0.6) is 0 Å². The van der Waals surface area contributed by atoms with Gasteiger partial charge in [0.25, 0.3) is 0 Å². The van der Waals surface area contributed by atoms with Gasteiger partial charge in [0.1, 0.15) is 11.2 Å². The molecule has 63 heavy (non-hydrogen) atoms. The summed E-state index contributed by atoms with van der Waals surface area (Å²) in [5.74, 6) is 0. The average molecular weight is 797 g/mol. The Kier molecular flexibility index (Phi) is 7.17. The molecule has 0 aliphatic rings. The summed E-state index contributed by atoms with van der Waals surface area (Å²) in [7, 11) is 0. The molecule has 290 valence electrons. The predicted molar refractivity (Wildman–Crippen MR) is 270 cm³/mol. The first-order valence-corrected chi connectivity index (χ1v) is 21.8. The summed E-state index contributed by atoms with van der Waals surface area (Å²) in [6.07, 6.45) is 0. The van der Waals surface area contributed by atoms with Gasteiger partial charge in [-0.1, -0.05) is 176 Å². The highest BCUT2D eigenvalue weighted by atomic mass is 16.3. The van der Waals surface area contributed by atoms with Crippen molar-refractivity contribution in [1.82, 2.24) is 0 Å². The van der Waals surface area contributed by atoms with Crippen LogP contribution in [0.4, 0.5) is 0 Å². The van der Waals surface area contributed by atoms with E-state index in [9.17, 15) is 0 Å². The zero-order valence-corrected chi connectivity index (χ0v) is 34.2. The number of hydrogen-bond acceptors (Lipinski definition) is 1. The number of furan rings is 1. The van der Waals surface area contributed by atoms with E-state index >= 15 is 0 Å². The van der Waals surface area contributed by atoms with Crippen LogP contribution >= 0.6 is 0 Å². The maximum Gasteiger partial charge on any atom is 0.136 e. The molecule has 14 aromatic rings. The Bertz CT molecular complexity index is 4200. The molecule has 0 saturated carbocycles. The summed E-state index contributed by atoms with van der Waals surface area (Å²) in [4.78, 5) is 0. The standard InChI is InChI=1S/C62H36O/c1-2-13-39-32-44(25-21-37(39)11-1)60-50-17-7-9-19-52(50)61(53-20-10-8-18-51(53)60)45-26-24-40-31-41(22-23-42(40)33-45)43-27-29-49-54(34-43)47-15-5-6-16-48(47)55-35-57-59(36-56(49)55)63-58-30-28-38-12-3-4-14-46(38)62(57)58/h1-36H. The van der Waals surface area contributed by atoms with E-state index in [4.69, 9.17) is 4.42 Å². The van der Waals surface area contributed by atoms with Crippen LogP contribution in [-0.2, 0) is 0 Å². The molecule has 1 aromatic heterocycles. The molecule has 13 aromatic carbocycles. The molecule has 0 amide bonds. The van der Waals surface area contributed by atoms with Crippen molar-refractivity contribution in [2.45, 2.75) is 0 Å². The monoisotopic (exact) mass is 796 g/mol. The van der Waals surface area contributed by atoms with E-state index in [1.165, 1.54) is 125 Å². The summed E-state index contributed by atoms with van der Waals surface area (Å²) in [5, 5.41) is 22.3. The van der Waals surface area contributed by atoms with E-state index in [1.807, 2.05) is 0 Å². The summed E-state index contributed by atoms with van der Waals surface area (Å²) in [5.41, 5.74) is 9.29. The smallest absolute Gasteiger partial charge is 0.136 e. The fraction of sp³-hybridized carbons (Fsp3) is 0. The van der Waals surface area contributed by atoms with Gasteiger partial charge in [-0.2, -0.15) is 0 Å². The van der Waals surface area contributed by atoms with Gasteiger partial charge in [-0.05, 0) is 162 Å². The van der Waals surface area contributed by atoms with Crippen LogP contribution < -0.4 is 0 Å². The molecule has 1 heterocycles. The first-order chi connectivity index (χ1) is 31.2. The third kappa shape index (κ3) is 5.11. The van der Waals surface area contributed by atoms with E-state index < -0.39 is 0 Å². The van der Waals surface area contributed by atoms with Gasteiger partial charge in [-0.15, -0.1) is 0 Å². The maximum atomic E-state index is 6.58. The largest absolute Gasteiger partial charge is 0.456 e. The van der Waals surface area contributed by atoms with Gasteiger partial charge in [0.15, 0.2) is 0 Å². The second kappa shape index (κ2) is 13.1. The Hall–Kier alpha value is -8.26. The minimum atomic E-state index is 0.922. The van der Waals surface area contributed by atoms with E-state index in [0.717, 1.165) is 16.6 Å². The van der Waals surface area contributed by atoms with Gasteiger partial charge in [0.05, 0.1) is 0 Å². The van der Waals surface area contributed by atoms with Crippen molar-refractivity contribution in [3.8, 4) is 33.4 Å². The van der Waals surface area contributed by atoms with Crippen LogP contribution in [0.2, 0.25) is 0 Å². The molecule has 0 aliphatic carbocycles. The lowest BCUT2D eigenvalue weighted by molar-refractivity contribution is 0.670. The normalized spacial score (nSPS) is 12.1. The molecular formula is C62H36O. The molecule has 0 fully saturated rings. The Morgan fingerprint density at radius 2 is 0.619 bits per heavy atom.